The fourth-order valence-electron chi connectivity index (χ4n) is 5.13. The van der Waals surface area contributed by atoms with Gasteiger partial charge in [0.05, 0.1) is 11.4 Å². The van der Waals surface area contributed by atoms with Crippen LogP contribution in [-0.4, -0.2) is 32.1 Å². The molecule has 5 rings (SSSR count). The van der Waals surface area contributed by atoms with E-state index >= 15 is 0 Å². The standard InChI is InChI=1S/C21H22F5N5O3S/c1-35(27,34)14-8-12(4-7-31(14)33)28-18(32)17-15(21(24,25)26)16(11-2-3-11)29-30(17)10-19-5-6-20(22,23)13(19)9-19/h4,7-8,11,13,27H,2-3,5-6,9-10H2,1H3,(H,28,32). The molecule has 2 heterocycles. The summed E-state index contributed by atoms with van der Waals surface area (Å²) in [4.78, 5) is 13.2. The van der Waals surface area contributed by atoms with Gasteiger partial charge in [0, 0.05) is 43.2 Å². The summed E-state index contributed by atoms with van der Waals surface area (Å²) >= 11 is 0. The van der Waals surface area contributed by atoms with Crippen molar-refractivity contribution >= 4 is 21.3 Å². The Hall–Kier alpha value is -2.77. The van der Waals surface area contributed by atoms with Gasteiger partial charge in [0.15, 0.2) is 6.20 Å². The molecule has 8 nitrogen and oxygen atoms in total. The summed E-state index contributed by atoms with van der Waals surface area (Å²) in [5.41, 5.74) is -3.28. The van der Waals surface area contributed by atoms with Crippen LogP contribution in [0.3, 0.4) is 0 Å². The average molecular weight is 519 g/mol. The topological polar surface area (TPSA) is 115 Å². The fraction of sp³-hybridized carbons (Fsp3) is 0.571. The molecule has 0 spiro atoms. The van der Waals surface area contributed by atoms with Gasteiger partial charge in [-0.05, 0) is 31.1 Å². The molecule has 0 aromatic carbocycles. The van der Waals surface area contributed by atoms with Gasteiger partial charge in [-0.15, -0.1) is 0 Å². The summed E-state index contributed by atoms with van der Waals surface area (Å²) < 4.78 is 91.4. The van der Waals surface area contributed by atoms with Crippen molar-refractivity contribution in [1.82, 2.24) is 9.78 Å². The zero-order valence-corrected chi connectivity index (χ0v) is 19.3. The number of hydrogen-bond acceptors (Lipinski definition) is 5. The van der Waals surface area contributed by atoms with Crippen molar-refractivity contribution in [3.8, 4) is 0 Å². The lowest BCUT2D eigenvalue weighted by Gasteiger charge is -2.16. The number of rotatable bonds is 6. The summed E-state index contributed by atoms with van der Waals surface area (Å²) in [6.45, 7) is -0.234. The highest BCUT2D eigenvalue weighted by molar-refractivity contribution is 7.91. The van der Waals surface area contributed by atoms with Gasteiger partial charge in [-0.1, -0.05) is 0 Å². The Balaban J connectivity index is 1.55. The maximum absolute atomic E-state index is 14.2. The SMILES string of the molecule is CS(=N)(=O)c1cc(NC(=O)c2c(C(F)(F)F)c(C3CC3)nn2CC23CCC(F)(F)C2C3)cc[n+]1[O-]. The number of alkyl halides is 5. The van der Waals surface area contributed by atoms with Crippen LogP contribution in [-0.2, 0) is 22.5 Å². The van der Waals surface area contributed by atoms with E-state index in [9.17, 15) is 36.2 Å². The van der Waals surface area contributed by atoms with Gasteiger partial charge in [0.25, 0.3) is 16.9 Å². The minimum atomic E-state index is -4.91. The quantitative estimate of drug-likeness (QED) is 0.339. The summed E-state index contributed by atoms with van der Waals surface area (Å²) in [6, 6.07) is 2.06. The monoisotopic (exact) mass is 519 g/mol. The maximum atomic E-state index is 14.2. The summed E-state index contributed by atoms with van der Waals surface area (Å²) in [6.07, 6.45) is -2.15. The highest BCUT2D eigenvalue weighted by Gasteiger charge is 2.70. The Labute approximate surface area is 197 Å². The summed E-state index contributed by atoms with van der Waals surface area (Å²) in [5.74, 6) is -5.49. The van der Waals surface area contributed by atoms with Crippen LogP contribution in [0.2, 0.25) is 0 Å². The lowest BCUT2D eigenvalue weighted by molar-refractivity contribution is -0.646. The number of fused-ring (bicyclic) bond motifs is 1. The van der Waals surface area contributed by atoms with Crippen LogP contribution in [0, 0.1) is 21.3 Å². The molecule has 3 saturated carbocycles. The van der Waals surface area contributed by atoms with E-state index in [1.54, 1.807) is 0 Å². The number of carbonyl (C=O) groups is 1. The Morgan fingerprint density at radius 1 is 1.37 bits per heavy atom. The second-order valence-electron chi connectivity index (χ2n) is 9.80. The first-order valence-corrected chi connectivity index (χ1v) is 12.9. The smallest absolute Gasteiger partial charge is 0.420 e. The number of nitrogens with one attached hydrogen (secondary N) is 2. The zero-order chi connectivity index (χ0) is 25.6. The number of anilines is 1. The Bertz CT molecular complexity index is 1340. The fourth-order valence-corrected chi connectivity index (χ4v) is 5.89. The van der Waals surface area contributed by atoms with E-state index in [1.165, 1.54) is 0 Å². The van der Waals surface area contributed by atoms with Crippen molar-refractivity contribution in [3.63, 3.8) is 0 Å². The molecule has 0 radical (unpaired) electrons. The van der Waals surface area contributed by atoms with E-state index in [-0.39, 0.29) is 41.9 Å². The lowest BCUT2D eigenvalue weighted by Crippen LogP contribution is -2.33. The molecule has 3 aliphatic carbocycles. The molecular formula is C21H22F5N5O3S. The second-order valence-corrected chi connectivity index (χ2v) is 11.9. The molecule has 190 valence electrons. The third-order valence-electron chi connectivity index (χ3n) is 7.11. The molecule has 3 unspecified atom stereocenters. The van der Waals surface area contributed by atoms with Gasteiger partial charge in [0.1, 0.15) is 21.0 Å². The molecule has 0 saturated heterocycles. The minimum absolute atomic E-state index is 0.131. The number of nitrogens with zero attached hydrogens (tertiary/aromatic N) is 3. The van der Waals surface area contributed by atoms with Crippen molar-refractivity contribution in [2.45, 2.75) is 61.7 Å². The van der Waals surface area contributed by atoms with E-state index < -0.39 is 61.3 Å². The molecule has 14 heteroatoms. The molecule has 2 aromatic heterocycles. The van der Waals surface area contributed by atoms with E-state index in [1.807, 2.05) is 0 Å². The van der Waals surface area contributed by atoms with Gasteiger partial charge >= 0.3 is 6.18 Å². The number of amides is 1. The molecule has 3 aliphatic rings. The van der Waals surface area contributed by atoms with Gasteiger partial charge in [0.2, 0.25) is 0 Å². The Morgan fingerprint density at radius 3 is 2.57 bits per heavy atom. The summed E-state index contributed by atoms with van der Waals surface area (Å²) in [5, 5.41) is 17.8. The normalized spacial score (nSPS) is 26.7. The first kappa shape index (κ1) is 23.9. The minimum Gasteiger partial charge on any atom is -0.618 e. The van der Waals surface area contributed by atoms with Crippen LogP contribution in [0.1, 0.15) is 59.8 Å². The molecule has 35 heavy (non-hydrogen) atoms. The molecule has 0 aliphatic heterocycles. The van der Waals surface area contributed by atoms with Crippen LogP contribution in [0.5, 0.6) is 0 Å². The van der Waals surface area contributed by atoms with Crippen LogP contribution in [0.15, 0.2) is 23.4 Å². The number of carbonyl (C=O) groups excluding carboxylic acids is 1. The van der Waals surface area contributed by atoms with Crippen LogP contribution in [0.25, 0.3) is 0 Å². The van der Waals surface area contributed by atoms with E-state index in [4.69, 9.17) is 4.78 Å². The second kappa shape index (κ2) is 7.37. The lowest BCUT2D eigenvalue weighted by atomic mass is 10.0. The van der Waals surface area contributed by atoms with Crippen molar-refractivity contribution < 1.29 is 35.7 Å². The van der Waals surface area contributed by atoms with Crippen molar-refractivity contribution in [3.05, 3.63) is 40.5 Å². The first-order chi connectivity index (χ1) is 16.1. The Morgan fingerprint density at radius 2 is 2.06 bits per heavy atom. The van der Waals surface area contributed by atoms with Crippen molar-refractivity contribution in [2.24, 2.45) is 11.3 Å². The number of hydrogen-bond donors (Lipinski definition) is 2. The highest BCUT2D eigenvalue weighted by atomic mass is 32.2. The largest absolute Gasteiger partial charge is 0.618 e. The molecule has 2 N–H and O–H groups in total. The molecule has 3 fully saturated rings. The zero-order valence-electron chi connectivity index (χ0n) is 18.5. The predicted octanol–water partition coefficient (Wildman–Crippen LogP) is 4.14. The molecule has 0 bridgehead atoms. The average Bonchev–Trinajstić information content (AvgIpc) is 3.63. The van der Waals surface area contributed by atoms with Crippen molar-refractivity contribution in [1.29, 1.82) is 4.78 Å². The van der Waals surface area contributed by atoms with Crippen LogP contribution < -0.4 is 10.0 Å². The highest BCUT2D eigenvalue weighted by Crippen LogP contribution is 2.70. The first-order valence-electron chi connectivity index (χ1n) is 11.0. The van der Waals surface area contributed by atoms with Gasteiger partial charge < -0.3 is 10.5 Å². The summed E-state index contributed by atoms with van der Waals surface area (Å²) in [7, 11) is -3.49. The third-order valence-corrected chi connectivity index (χ3v) is 8.20. The van der Waals surface area contributed by atoms with E-state index in [0.29, 0.717) is 12.8 Å². The molecule has 2 aromatic rings. The number of pyridine rings is 1. The Kier molecular flexibility index (Phi) is 5.04. The van der Waals surface area contributed by atoms with E-state index in [0.717, 1.165) is 29.3 Å². The third kappa shape index (κ3) is 4.15. The maximum Gasteiger partial charge on any atom is 0.420 e. The van der Waals surface area contributed by atoms with Gasteiger partial charge in [-0.3, -0.25) is 9.48 Å². The predicted molar refractivity (Wildman–Crippen MR) is 112 cm³/mol. The van der Waals surface area contributed by atoms with Crippen LogP contribution in [0.4, 0.5) is 27.6 Å². The van der Waals surface area contributed by atoms with E-state index in [2.05, 4.69) is 10.4 Å². The van der Waals surface area contributed by atoms with Crippen LogP contribution >= 0.6 is 0 Å². The molecule has 3 atom stereocenters. The number of aromatic nitrogens is 3. The van der Waals surface area contributed by atoms with Crippen molar-refractivity contribution in [2.75, 3.05) is 11.6 Å². The molecular weight excluding hydrogens is 497 g/mol. The van der Waals surface area contributed by atoms with Gasteiger partial charge in [-0.25, -0.2) is 17.8 Å². The number of halogens is 5. The van der Waals surface area contributed by atoms with Gasteiger partial charge in [-0.2, -0.15) is 23.0 Å². The molecule has 1 amide bonds.